The third-order valence-corrected chi connectivity index (χ3v) is 6.80. The molecule has 0 aromatic heterocycles. The third kappa shape index (κ3) is 2.94. The molecule has 3 nitrogen and oxygen atoms in total. The first kappa shape index (κ1) is 13.4. The monoisotopic (exact) mass is 385 g/mol. The molecule has 0 N–H and O–H groups in total. The van der Waals surface area contributed by atoms with E-state index in [4.69, 9.17) is 0 Å². The van der Waals surface area contributed by atoms with E-state index in [0.717, 1.165) is 0 Å². The SMILES string of the molecule is CCN(CC)S(=O)(=O)C(Br)(Br)Br. The van der Waals surface area contributed by atoms with Gasteiger partial charge in [-0.15, -0.1) is 0 Å². The average Bonchev–Trinajstić information content (AvgIpc) is 1.87. The lowest BCUT2D eigenvalue weighted by molar-refractivity contribution is 0.447. The molecule has 0 aromatic rings. The summed E-state index contributed by atoms with van der Waals surface area (Å²) in [5, 5.41) is 0. The van der Waals surface area contributed by atoms with E-state index in [2.05, 4.69) is 47.8 Å². The summed E-state index contributed by atoms with van der Waals surface area (Å²) in [6, 6.07) is 0. The second kappa shape index (κ2) is 4.72. The summed E-state index contributed by atoms with van der Waals surface area (Å²) in [5.41, 5.74) is 0. The Morgan fingerprint density at radius 2 is 1.50 bits per heavy atom. The molecule has 0 atom stereocenters. The smallest absolute Gasteiger partial charge is 0.209 e. The van der Waals surface area contributed by atoms with Gasteiger partial charge in [-0.2, -0.15) is 4.31 Å². The van der Waals surface area contributed by atoms with Gasteiger partial charge in [0.25, 0.3) is 0 Å². The average molecular weight is 388 g/mol. The van der Waals surface area contributed by atoms with Crippen molar-refractivity contribution >= 4 is 57.8 Å². The Kier molecular flexibility index (Phi) is 5.26. The van der Waals surface area contributed by atoms with Crippen LogP contribution in [-0.2, 0) is 10.0 Å². The van der Waals surface area contributed by atoms with E-state index in [9.17, 15) is 8.42 Å². The fourth-order valence-electron chi connectivity index (χ4n) is 0.710. The third-order valence-electron chi connectivity index (χ3n) is 1.34. The zero-order valence-electron chi connectivity index (χ0n) is 6.72. The van der Waals surface area contributed by atoms with Crippen molar-refractivity contribution in [3.8, 4) is 0 Å². The van der Waals surface area contributed by atoms with E-state index in [-0.39, 0.29) is 0 Å². The van der Waals surface area contributed by atoms with Crippen molar-refractivity contribution in [1.82, 2.24) is 4.31 Å². The molecule has 74 valence electrons. The summed E-state index contributed by atoms with van der Waals surface area (Å²) in [4.78, 5) is 0. The molecule has 0 aromatic carbocycles. The summed E-state index contributed by atoms with van der Waals surface area (Å²) < 4.78 is 23.3. The number of nitrogens with zero attached hydrogens (tertiary/aromatic N) is 1. The van der Waals surface area contributed by atoms with Crippen molar-refractivity contribution in [2.75, 3.05) is 13.1 Å². The molecule has 0 spiro atoms. The van der Waals surface area contributed by atoms with E-state index in [1.807, 2.05) is 0 Å². The minimum Gasteiger partial charge on any atom is -0.209 e. The molecule has 7 heteroatoms. The first-order chi connectivity index (χ1) is 5.27. The fraction of sp³-hybridized carbons (Fsp3) is 1.00. The van der Waals surface area contributed by atoms with Gasteiger partial charge in [0.15, 0.2) is 0 Å². The fourth-order valence-corrected chi connectivity index (χ4v) is 3.53. The Bertz CT molecular complexity index is 230. The van der Waals surface area contributed by atoms with Gasteiger partial charge in [0.2, 0.25) is 11.5 Å². The van der Waals surface area contributed by atoms with Crippen LogP contribution in [0.15, 0.2) is 0 Å². The van der Waals surface area contributed by atoms with Crippen molar-refractivity contribution in [2.45, 2.75) is 15.3 Å². The molecule has 0 aliphatic rings. The van der Waals surface area contributed by atoms with Crippen LogP contribution in [0.1, 0.15) is 13.8 Å². The topological polar surface area (TPSA) is 37.4 Å². The molecule has 0 fully saturated rings. The summed E-state index contributed by atoms with van der Waals surface area (Å²) in [6.45, 7) is 4.51. The Hall–Kier alpha value is 1.35. The lowest BCUT2D eigenvalue weighted by Gasteiger charge is -2.23. The highest BCUT2D eigenvalue weighted by atomic mass is 80.0. The largest absolute Gasteiger partial charge is 0.250 e. The number of alkyl halides is 3. The van der Waals surface area contributed by atoms with Crippen LogP contribution in [0.4, 0.5) is 0 Å². The number of sulfonamides is 1. The zero-order valence-corrected chi connectivity index (χ0v) is 12.3. The Balaban J connectivity index is 4.85. The second-order valence-corrected chi connectivity index (χ2v) is 12.4. The minimum absolute atomic E-state index is 0.462. The molecule has 0 saturated carbocycles. The van der Waals surface area contributed by atoms with Gasteiger partial charge in [-0.1, -0.05) is 13.8 Å². The summed E-state index contributed by atoms with van der Waals surface area (Å²) >= 11 is 8.96. The predicted molar refractivity (Wildman–Crippen MR) is 61.4 cm³/mol. The molecule has 0 heterocycles. The summed E-state index contributed by atoms with van der Waals surface area (Å²) in [5.74, 6) is 0. The van der Waals surface area contributed by atoms with E-state index >= 15 is 0 Å². The quantitative estimate of drug-likeness (QED) is 0.697. The molecule has 0 rings (SSSR count). The van der Waals surface area contributed by atoms with Gasteiger partial charge in [0.1, 0.15) is 0 Å². The Morgan fingerprint density at radius 1 is 1.17 bits per heavy atom. The van der Waals surface area contributed by atoms with E-state index < -0.39 is 11.5 Å². The number of halogens is 3. The lowest BCUT2D eigenvalue weighted by Crippen LogP contribution is -2.37. The first-order valence-electron chi connectivity index (χ1n) is 3.33. The molecule has 12 heavy (non-hydrogen) atoms. The van der Waals surface area contributed by atoms with Crippen molar-refractivity contribution in [2.24, 2.45) is 0 Å². The lowest BCUT2D eigenvalue weighted by atomic mass is 10.7. The molecule has 0 unspecified atom stereocenters. The standard InChI is InChI=1S/C5H10Br3NO2S/c1-3-9(4-2)12(10,11)5(6,7)8/h3-4H2,1-2H3. The summed E-state index contributed by atoms with van der Waals surface area (Å²) in [6.07, 6.45) is 0. The molecule has 0 aliphatic heterocycles. The van der Waals surface area contributed by atoms with Crippen LogP contribution in [0.5, 0.6) is 0 Å². The van der Waals surface area contributed by atoms with E-state index in [0.29, 0.717) is 13.1 Å². The van der Waals surface area contributed by atoms with Crippen LogP contribution in [0.3, 0.4) is 0 Å². The molecule has 0 aliphatic carbocycles. The van der Waals surface area contributed by atoms with Crippen LogP contribution in [-0.4, -0.2) is 27.3 Å². The highest BCUT2D eigenvalue weighted by Crippen LogP contribution is 2.41. The molecule has 0 radical (unpaired) electrons. The second-order valence-electron chi connectivity index (χ2n) is 2.04. The van der Waals surface area contributed by atoms with Crippen LogP contribution in [0.2, 0.25) is 0 Å². The highest BCUT2D eigenvalue weighted by Gasteiger charge is 2.39. The van der Waals surface area contributed by atoms with Gasteiger partial charge in [0.05, 0.1) is 0 Å². The number of rotatable bonds is 3. The summed E-state index contributed by atoms with van der Waals surface area (Å²) in [7, 11) is -3.36. The van der Waals surface area contributed by atoms with E-state index in [1.54, 1.807) is 13.8 Å². The molecule has 0 bridgehead atoms. The first-order valence-corrected chi connectivity index (χ1v) is 7.15. The molecule has 0 saturated heterocycles. The number of hydrogen-bond donors (Lipinski definition) is 0. The van der Waals surface area contributed by atoms with Crippen LogP contribution in [0, 0.1) is 0 Å². The van der Waals surface area contributed by atoms with Gasteiger partial charge < -0.3 is 0 Å². The van der Waals surface area contributed by atoms with Crippen LogP contribution in [0.25, 0.3) is 0 Å². The van der Waals surface area contributed by atoms with Crippen LogP contribution >= 0.6 is 47.8 Å². The minimum atomic E-state index is -3.36. The van der Waals surface area contributed by atoms with Crippen LogP contribution < -0.4 is 0 Å². The molecule has 0 amide bonds. The van der Waals surface area contributed by atoms with Gasteiger partial charge in [-0.3, -0.25) is 0 Å². The van der Waals surface area contributed by atoms with E-state index in [1.165, 1.54) is 4.31 Å². The van der Waals surface area contributed by atoms with Gasteiger partial charge in [0, 0.05) is 13.1 Å². The van der Waals surface area contributed by atoms with Gasteiger partial charge in [-0.05, 0) is 47.8 Å². The maximum Gasteiger partial charge on any atom is 0.250 e. The maximum atomic E-state index is 11.6. The maximum absolute atomic E-state index is 11.6. The van der Waals surface area contributed by atoms with Gasteiger partial charge in [-0.25, -0.2) is 8.42 Å². The predicted octanol–water partition coefficient (Wildman–Crippen LogP) is 2.45. The Labute approximate surface area is 98.3 Å². The van der Waals surface area contributed by atoms with Gasteiger partial charge >= 0.3 is 0 Å². The van der Waals surface area contributed by atoms with Crippen molar-refractivity contribution in [1.29, 1.82) is 0 Å². The van der Waals surface area contributed by atoms with Crippen molar-refractivity contribution in [3.05, 3.63) is 0 Å². The normalized spacial score (nSPS) is 13.8. The number of hydrogen-bond acceptors (Lipinski definition) is 2. The zero-order chi connectivity index (χ0) is 9.99. The molecular formula is C5H10Br3NO2S. The highest BCUT2D eigenvalue weighted by molar-refractivity contribution is 9.42. The van der Waals surface area contributed by atoms with Crippen molar-refractivity contribution in [3.63, 3.8) is 0 Å². The Morgan fingerprint density at radius 3 is 1.58 bits per heavy atom. The van der Waals surface area contributed by atoms with Crippen molar-refractivity contribution < 1.29 is 8.42 Å². The molecular weight excluding hydrogens is 378 g/mol.